The van der Waals surface area contributed by atoms with E-state index >= 15 is 0 Å². The lowest BCUT2D eigenvalue weighted by atomic mass is 10.0. The van der Waals surface area contributed by atoms with Gasteiger partial charge in [0.25, 0.3) is 0 Å². The summed E-state index contributed by atoms with van der Waals surface area (Å²) in [4.78, 5) is 15.8. The predicted molar refractivity (Wildman–Crippen MR) is 74.7 cm³/mol. The van der Waals surface area contributed by atoms with Crippen molar-refractivity contribution in [1.82, 2.24) is 19.9 Å². The van der Waals surface area contributed by atoms with Gasteiger partial charge in [-0.2, -0.15) is 9.97 Å². The molecule has 2 aromatic rings. The number of nitrogens with zero attached hydrogens (tertiary/aromatic N) is 3. The van der Waals surface area contributed by atoms with Gasteiger partial charge in [-0.05, 0) is 6.92 Å². The molecule has 1 atom stereocenters. The van der Waals surface area contributed by atoms with E-state index in [0.29, 0.717) is 43.6 Å². The first-order valence-corrected chi connectivity index (χ1v) is 6.69. The SMILES string of the molecule is CCNc1nc(NCC2(O)CCOC2)c2[nH]cnc2n1. The summed E-state index contributed by atoms with van der Waals surface area (Å²) in [7, 11) is 0. The Kier molecular flexibility index (Phi) is 3.41. The summed E-state index contributed by atoms with van der Waals surface area (Å²) in [5.41, 5.74) is 0.484. The monoisotopic (exact) mass is 278 g/mol. The van der Waals surface area contributed by atoms with Crippen molar-refractivity contribution in [3.05, 3.63) is 6.33 Å². The van der Waals surface area contributed by atoms with Crippen molar-refractivity contribution < 1.29 is 9.84 Å². The molecule has 4 N–H and O–H groups in total. The first kappa shape index (κ1) is 13.1. The molecule has 0 saturated carbocycles. The van der Waals surface area contributed by atoms with E-state index in [4.69, 9.17) is 4.74 Å². The van der Waals surface area contributed by atoms with Crippen LogP contribution in [0.4, 0.5) is 11.8 Å². The number of aromatic nitrogens is 4. The maximum absolute atomic E-state index is 10.3. The highest BCUT2D eigenvalue weighted by Crippen LogP contribution is 2.22. The van der Waals surface area contributed by atoms with Crippen molar-refractivity contribution in [1.29, 1.82) is 0 Å². The molecule has 1 fully saturated rings. The molecule has 20 heavy (non-hydrogen) atoms. The number of aliphatic hydroxyl groups is 1. The third kappa shape index (κ3) is 2.52. The van der Waals surface area contributed by atoms with Crippen molar-refractivity contribution >= 4 is 22.9 Å². The zero-order valence-corrected chi connectivity index (χ0v) is 11.3. The lowest BCUT2D eigenvalue weighted by Crippen LogP contribution is -2.37. The van der Waals surface area contributed by atoms with Gasteiger partial charge in [0.15, 0.2) is 11.5 Å². The molecule has 0 aromatic carbocycles. The first-order valence-electron chi connectivity index (χ1n) is 6.69. The van der Waals surface area contributed by atoms with E-state index in [9.17, 15) is 5.11 Å². The Morgan fingerprint density at radius 1 is 1.45 bits per heavy atom. The fourth-order valence-electron chi connectivity index (χ4n) is 2.18. The van der Waals surface area contributed by atoms with Crippen LogP contribution in [-0.4, -0.2) is 56.9 Å². The Morgan fingerprint density at radius 3 is 3.10 bits per heavy atom. The van der Waals surface area contributed by atoms with Gasteiger partial charge in [0.1, 0.15) is 11.1 Å². The van der Waals surface area contributed by atoms with Crippen LogP contribution in [0, 0.1) is 0 Å². The van der Waals surface area contributed by atoms with E-state index in [1.165, 1.54) is 0 Å². The highest BCUT2D eigenvalue weighted by Gasteiger charge is 2.32. The summed E-state index contributed by atoms with van der Waals surface area (Å²) >= 11 is 0. The van der Waals surface area contributed by atoms with E-state index in [2.05, 4.69) is 30.6 Å². The van der Waals surface area contributed by atoms with Crippen molar-refractivity contribution in [3.8, 4) is 0 Å². The molecular formula is C12H18N6O2. The average Bonchev–Trinajstić information content (AvgIpc) is 3.06. The number of aromatic amines is 1. The lowest BCUT2D eigenvalue weighted by Gasteiger charge is -2.21. The normalized spacial score (nSPS) is 22.3. The minimum Gasteiger partial charge on any atom is -0.386 e. The molecule has 0 aliphatic carbocycles. The van der Waals surface area contributed by atoms with Crippen LogP contribution in [0.1, 0.15) is 13.3 Å². The Morgan fingerprint density at radius 2 is 2.35 bits per heavy atom. The highest BCUT2D eigenvalue weighted by atomic mass is 16.5. The molecule has 1 aliphatic heterocycles. The molecule has 108 valence electrons. The Bertz CT molecular complexity index is 593. The number of hydrogen-bond donors (Lipinski definition) is 4. The highest BCUT2D eigenvalue weighted by molar-refractivity contribution is 5.83. The second kappa shape index (κ2) is 5.22. The lowest BCUT2D eigenvalue weighted by molar-refractivity contribution is 0.0381. The van der Waals surface area contributed by atoms with Crippen LogP contribution in [0.3, 0.4) is 0 Å². The maximum Gasteiger partial charge on any atom is 0.226 e. The first-order chi connectivity index (χ1) is 9.70. The molecule has 8 nitrogen and oxygen atoms in total. The van der Waals surface area contributed by atoms with E-state index < -0.39 is 5.60 Å². The average molecular weight is 278 g/mol. The summed E-state index contributed by atoms with van der Waals surface area (Å²) in [5.74, 6) is 1.15. The van der Waals surface area contributed by atoms with Crippen molar-refractivity contribution in [2.24, 2.45) is 0 Å². The fraction of sp³-hybridized carbons (Fsp3) is 0.583. The number of fused-ring (bicyclic) bond motifs is 1. The molecule has 8 heteroatoms. The van der Waals surface area contributed by atoms with Crippen LogP contribution < -0.4 is 10.6 Å². The molecule has 3 rings (SSSR count). The van der Waals surface area contributed by atoms with Gasteiger partial charge < -0.3 is 25.5 Å². The third-order valence-corrected chi connectivity index (χ3v) is 3.29. The number of hydrogen-bond acceptors (Lipinski definition) is 7. The fourth-order valence-corrected chi connectivity index (χ4v) is 2.18. The van der Waals surface area contributed by atoms with Gasteiger partial charge >= 0.3 is 0 Å². The van der Waals surface area contributed by atoms with Gasteiger partial charge in [0.2, 0.25) is 5.95 Å². The van der Waals surface area contributed by atoms with Crippen molar-refractivity contribution in [2.75, 3.05) is 36.9 Å². The maximum atomic E-state index is 10.3. The molecule has 1 aliphatic rings. The van der Waals surface area contributed by atoms with Gasteiger partial charge in [-0.15, -0.1) is 0 Å². The molecule has 0 bridgehead atoms. The summed E-state index contributed by atoms with van der Waals surface area (Å²) in [6.45, 7) is 4.02. The van der Waals surface area contributed by atoms with Crippen LogP contribution in [0.5, 0.6) is 0 Å². The molecule has 0 spiro atoms. The van der Waals surface area contributed by atoms with Gasteiger partial charge in [0, 0.05) is 26.1 Å². The standard InChI is InChI=1S/C12H18N6O2/c1-2-13-11-17-9(8-10(18-11)16-7-15-8)14-5-12(19)3-4-20-6-12/h7,19H,2-6H2,1H3,(H3,13,14,15,16,17,18). The van der Waals surface area contributed by atoms with Crippen LogP contribution in [-0.2, 0) is 4.74 Å². The predicted octanol–water partition coefficient (Wildman–Crippen LogP) is 0.348. The molecule has 3 heterocycles. The number of rotatable bonds is 5. The Labute approximate surface area is 116 Å². The molecule has 1 saturated heterocycles. The van der Waals surface area contributed by atoms with Gasteiger partial charge in [0.05, 0.1) is 12.9 Å². The number of anilines is 2. The van der Waals surface area contributed by atoms with Crippen LogP contribution in [0.15, 0.2) is 6.33 Å². The zero-order valence-electron chi connectivity index (χ0n) is 11.3. The Hall–Kier alpha value is -1.93. The van der Waals surface area contributed by atoms with Gasteiger partial charge in [-0.25, -0.2) is 4.98 Å². The summed E-state index contributed by atoms with van der Waals surface area (Å²) in [6, 6.07) is 0. The molecule has 0 radical (unpaired) electrons. The van der Waals surface area contributed by atoms with Crippen LogP contribution in [0.25, 0.3) is 11.2 Å². The third-order valence-electron chi connectivity index (χ3n) is 3.29. The summed E-state index contributed by atoms with van der Waals surface area (Å²) < 4.78 is 5.23. The molecule has 2 aromatic heterocycles. The van der Waals surface area contributed by atoms with Gasteiger partial charge in [-0.1, -0.05) is 0 Å². The minimum absolute atomic E-state index is 0.345. The number of nitrogens with one attached hydrogen (secondary N) is 3. The van der Waals surface area contributed by atoms with Crippen molar-refractivity contribution in [2.45, 2.75) is 18.9 Å². The molecule has 0 amide bonds. The largest absolute Gasteiger partial charge is 0.386 e. The van der Waals surface area contributed by atoms with Gasteiger partial charge in [-0.3, -0.25) is 0 Å². The minimum atomic E-state index is -0.838. The molecular weight excluding hydrogens is 260 g/mol. The topological polar surface area (TPSA) is 108 Å². The van der Waals surface area contributed by atoms with E-state index in [0.717, 1.165) is 12.1 Å². The number of imidazole rings is 1. The van der Waals surface area contributed by atoms with E-state index in [-0.39, 0.29) is 0 Å². The molecule has 1 unspecified atom stereocenters. The number of H-pyrrole nitrogens is 1. The zero-order chi connectivity index (χ0) is 14.0. The van der Waals surface area contributed by atoms with Crippen molar-refractivity contribution in [3.63, 3.8) is 0 Å². The number of ether oxygens (including phenoxy) is 1. The second-order valence-electron chi connectivity index (χ2n) is 4.91. The van der Waals surface area contributed by atoms with Crippen LogP contribution in [0.2, 0.25) is 0 Å². The Balaban J connectivity index is 1.83. The summed E-state index contributed by atoms with van der Waals surface area (Å²) in [6.07, 6.45) is 2.20. The quantitative estimate of drug-likeness (QED) is 0.625. The second-order valence-corrected chi connectivity index (χ2v) is 4.91. The smallest absolute Gasteiger partial charge is 0.226 e. The van der Waals surface area contributed by atoms with Crippen LogP contribution >= 0.6 is 0 Å². The van der Waals surface area contributed by atoms with E-state index in [1.807, 2.05) is 6.92 Å². The van der Waals surface area contributed by atoms with E-state index in [1.54, 1.807) is 6.33 Å². The summed E-state index contributed by atoms with van der Waals surface area (Å²) in [5, 5.41) is 16.5.